The number of nitro groups is 1. The van der Waals surface area contributed by atoms with Gasteiger partial charge in [0.1, 0.15) is 5.82 Å². The van der Waals surface area contributed by atoms with Crippen LogP contribution in [0.25, 0.3) is 11.6 Å². The van der Waals surface area contributed by atoms with E-state index in [1.54, 1.807) is 18.2 Å². The van der Waals surface area contributed by atoms with Crippen molar-refractivity contribution in [2.75, 3.05) is 0 Å². The minimum absolute atomic E-state index is 0.114. The van der Waals surface area contributed by atoms with Crippen LogP contribution in [0.2, 0.25) is 0 Å². The molecule has 0 N–H and O–H groups in total. The third kappa shape index (κ3) is 2.87. The predicted molar refractivity (Wildman–Crippen MR) is 73.0 cm³/mol. The van der Waals surface area contributed by atoms with Crippen LogP contribution in [0.3, 0.4) is 0 Å². The summed E-state index contributed by atoms with van der Waals surface area (Å²) in [6.07, 6.45) is 1.37. The molecule has 0 fully saturated rings. The van der Waals surface area contributed by atoms with Gasteiger partial charge in [-0.2, -0.15) is 5.26 Å². The lowest BCUT2D eigenvalue weighted by atomic mass is 10.0. The molecule has 2 aromatic rings. The Hall–Kier alpha value is -3.00. The molecule has 2 aromatic carbocycles. The number of halogens is 1. The summed E-state index contributed by atoms with van der Waals surface area (Å²) in [6, 6.07) is 13.6. The largest absolute Gasteiger partial charge is 0.270 e. The molecule has 0 aliphatic heterocycles. The van der Waals surface area contributed by atoms with E-state index in [1.807, 2.05) is 6.07 Å². The molecule has 0 unspecified atom stereocenters. The summed E-state index contributed by atoms with van der Waals surface area (Å²) >= 11 is 0. The minimum atomic E-state index is -0.540. The second kappa shape index (κ2) is 5.76. The fourth-order valence-electron chi connectivity index (χ4n) is 1.71. The van der Waals surface area contributed by atoms with E-state index in [-0.39, 0.29) is 16.8 Å². The Balaban J connectivity index is 2.49. The number of allylic oxidation sites excluding steroid dienone is 1. The fourth-order valence-corrected chi connectivity index (χ4v) is 1.71. The van der Waals surface area contributed by atoms with E-state index in [1.165, 1.54) is 36.4 Å². The van der Waals surface area contributed by atoms with Gasteiger partial charge in [-0.1, -0.05) is 30.3 Å². The van der Waals surface area contributed by atoms with Crippen LogP contribution < -0.4 is 0 Å². The van der Waals surface area contributed by atoms with Crippen LogP contribution in [0.4, 0.5) is 10.1 Å². The van der Waals surface area contributed by atoms with Crippen LogP contribution >= 0.6 is 0 Å². The number of hydrogen-bond donors (Lipinski definition) is 0. The third-order valence-electron chi connectivity index (χ3n) is 2.69. The summed E-state index contributed by atoms with van der Waals surface area (Å²) in [7, 11) is 0. The molecule has 0 aliphatic carbocycles. The summed E-state index contributed by atoms with van der Waals surface area (Å²) in [5, 5.41) is 19.9. The first kappa shape index (κ1) is 13.4. The van der Waals surface area contributed by atoms with Crippen LogP contribution in [-0.2, 0) is 0 Å². The van der Waals surface area contributed by atoms with Gasteiger partial charge in [-0.25, -0.2) is 4.39 Å². The van der Waals surface area contributed by atoms with Crippen LogP contribution in [0, 0.1) is 27.3 Å². The number of nitriles is 1. The monoisotopic (exact) mass is 268 g/mol. The van der Waals surface area contributed by atoms with E-state index in [0.29, 0.717) is 5.56 Å². The molecule has 0 aromatic heterocycles. The van der Waals surface area contributed by atoms with Crippen LogP contribution in [0.5, 0.6) is 0 Å². The molecule has 2 rings (SSSR count). The Bertz CT molecular complexity index is 733. The van der Waals surface area contributed by atoms with Gasteiger partial charge in [-0.3, -0.25) is 10.1 Å². The topological polar surface area (TPSA) is 66.9 Å². The normalized spacial score (nSPS) is 10.9. The fraction of sp³-hybridized carbons (Fsp3) is 0. The Morgan fingerprint density at radius 1 is 1.25 bits per heavy atom. The van der Waals surface area contributed by atoms with Crippen LogP contribution in [0.1, 0.15) is 11.1 Å². The molecule has 0 radical (unpaired) electrons. The summed E-state index contributed by atoms with van der Waals surface area (Å²) in [5.41, 5.74) is 0.691. The van der Waals surface area contributed by atoms with Gasteiger partial charge in [-0.05, 0) is 17.7 Å². The Morgan fingerprint density at radius 3 is 2.65 bits per heavy atom. The summed E-state index contributed by atoms with van der Waals surface area (Å²) in [4.78, 5) is 10.2. The molecule has 0 atom stereocenters. The van der Waals surface area contributed by atoms with Crippen LogP contribution in [-0.4, -0.2) is 4.92 Å². The molecule has 0 saturated carbocycles. The maximum Gasteiger partial charge on any atom is 0.270 e. The predicted octanol–water partition coefficient (Wildman–Crippen LogP) is 3.80. The number of nitro benzene ring substituents is 1. The first-order valence-corrected chi connectivity index (χ1v) is 5.73. The zero-order chi connectivity index (χ0) is 14.5. The lowest BCUT2D eigenvalue weighted by Gasteiger charge is -2.01. The molecule has 0 heterocycles. The number of rotatable bonds is 3. The first-order valence-electron chi connectivity index (χ1n) is 5.73. The molecule has 4 nitrogen and oxygen atoms in total. The summed E-state index contributed by atoms with van der Waals surface area (Å²) in [5.74, 6) is -0.453. The molecular formula is C15H9FN2O2. The van der Waals surface area contributed by atoms with E-state index < -0.39 is 10.7 Å². The Labute approximate surface area is 114 Å². The van der Waals surface area contributed by atoms with Crippen LogP contribution in [0.15, 0.2) is 48.5 Å². The maximum atomic E-state index is 13.5. The van der Waals surface area contributed by atoms with Crippen molar-refractivity contribution in [3.05, 3.63) is 75.6 Å². The number of hydrogen-bond acceptors (Lipinski definition) is 3. The van der Waals surface area contributed by atoms with Crippen molar-refractivity contribution in [1.82, 2.24) is 0 Å². The molecule has 0 amide bonds. The van der Waals surface area contributed by atoms with Crippen molar-refractivity contribution in [2.45, 2.75) is 0 Å². The van der Waals surface area contributed by atoms with Crippen molar-refractivity contribution in [3.8, 4) is 6.07 Å². The number of benzene rings is 2. The Kier molecular flexibility index (Phi) is 3.87. The van der Waals surface area contributed by atoms with Gasteiger partial charge in [-0.15, -0.1) is 0 Å². The van der Waals surface area contributed by atoms with Gasteiger partial charge in [0, 0.05) is 17.7 Å². The highest BCUT2D eigenvalue weighted by Crippen LogP contribution is 2.22. The van der Waals surface area contributed by atoms with Gasteiger partial charge in [0.25, 0.3) is 5.69 Å². The van der Waals surface area contributed by atoms with Crippen molar-refractivity contribution in [2.24, 2.45) is 0 Å². The smallest absolute Gasteiger partial charge is 0.258 e. The van der Waals surface area contributed by atoms with Crippen molar-refractivity contribution in [1.29, 1.82) is 5.26 Å². The molecule has 5 heteroatoms. The second-order valence-electron chi connectivity index (χ2n) is 4.00. The highest BCUT2D eigenvalue weighted by Gasteiger charge is 2.09. The van der Waals surface area contributed by atoms with E-state index >= 15 is 0 Å². The molecule has 0 spiro atoms. The molecule has 0 aliphatic rings. The van der Waals surface area contributed by atoms with E-state index in [0.717, 1.165) is 0 Å². The molecule has 20 heavy (non-hydrogen) atoms. The minimum Gasteiger partial charge on any atom is -0.258 e. The van der Waals surface area contributed by atoms with Gasteiger partial charge in [0.2, 0.25) is 0 Å². The highest BCUT2D eigenvalue weighted by atomic mass is 19.1. The quantitative estimate of drug-likeness (QED) is 0.368. The van der Waals surface area contributed by atoms with Crippen molar-refractivity contribution in [3.63, 3.8) is 0 Å². The Morgan fingerprint density at radius 2 is 2.00 bits per heavy atom. The molecular weight excluding hydrogens is 259 g/mol. The maximum absolute atomic E-state index is 13.5. The highest BCUT2D eigenvalue weighted by molar-refractivity contribution is 5.90. The van der Waals surface area contributed by atoms with Gasteiger partial charge in [0.05, 0.1) is 16.6 Å². The van der Waals surface area contributed by atoms with Gasteiger partial charge >= 0.3 is 0 Å². The van der Waals surface area contributed by atoms with Crippen molar-refractivity contribution >= 4 is 17.3 Å². The summed E-state index contributed by atoms with van der Waals surface area (Å²) in [6.45, 7) is 0. The number of nitrogens with zero attached hydrogens (tertiary/aromatic N) is 2. The third-order valence-corrected chi connectivity index (χ3v) is 2.69. The molecule has 0 saturated heterocycles. The molecule has 0 bridgehead atoms. The zero-order valence-corrected chi connectivity index (χ0v) is 10.3. The number of non-ortho nitro benzene ring substituents is 1. The van der Waals surface area contributed by atoms with Gasteiger partial charge < -0.3 is 0 Å². The average Bonchev–Trinajstić information content (AvgIpc) is 2.46. The standard InChI is InChI=1S/C15H9FN2O2/c16-15-7-2-1-4-12(15)8-13(10-17)11-5-3-6-14(9-11)18(19)20/h1-9H. The lowest BCUT2D eigenvalue weighted by Crippen LogP contribution is -1.90. The zero-order valence-electron chi connectivity index (χ0n) is 10.3. The lowest BCUT2D eigenvalue weighted by molar-refractivity contribution is -0.384. The van der Waals surface area contributed by atoms with E-state index in [2.05, 4.69) is 0 Å². The summed E-state index contributed by atoms with van der Waals surface area (Å²) < 4.78 is 13.5. The average molecular weight is 268 g/mol. The SMILES string of the molecule is N#CC(=Cc1ccccc1F)c1cccc([N+](=O)[O-])c1. The van der Waals surface area contributed by atoms with Gasteiger partial charge in [0.15, 0.2) is 0 Å². The van der Waals surface area contributed by atoms with Crippen molar-refractivity contribution < 1.29 is 9.31 Å². The molecule has 98 valence electrons. The second-order valence-corrected chi connectivity index (χ2v) is 4.00. The van der Waals surface area contributed by atoms with E-state index in [9.17, 15) is 14.5 Å². The first-order chi connectivity index (χ1) is 9.61. The van der Waals surface area contributed by atoms with E-state index in [4.69, 9.17) is 5.26 Å².